The highest BCUT2D eigenvalue weighted by Gasteiger charge is 2.31. The molecule has 30 heavy (non-hydrogen) atoms. The van der Waals surface area contributed by atoms with Gasteiger partial charge < -0.3 is 9.42 Å². The number of rotatable bonds is 5. The zero-order valence-corrected chi connectivity index (χ0v) is 17.1. The van der Waals surface area contributed by atoms with Crippen molar-refractivity contribution in [2.75, 3.05) is 26.2 Å². The maximum Gasteiger partial charge on any atom is 0.278 e. The van der Waals surface area contributed by atoms with Crippen LogP contribution in [0.2, 0.25) is 0 Å². The molecule has 2 heterocycles. The molecule has 1 aromatic heterocycles. The molecule has 1 unspecified atom stereocenters. The van der Waals surface area contributed by atoms with Crippen LogP contribution in [-0.2, 0) is 0 Å². The molecule has 1 aliphatic heterocycles. The minimum absolute atomic E-state index is 0.00547. The molecule has 0 bridgehead atoms. The van der Waals surface area contributed by atoms with Crippen LogP contribution in [0.1, 0.15) is 39.0 Å². The summed E-state index contributed by atoms with van der Waals surface area (Å²) in [7, 11) is 0. The summed E-state index contributed by atoms with van der Waals surface area (Å²) in [4.78, 5) is 28.0. The molecule has 1 aliphatic rings. The van der Waals surface area contributed by atoms with Gasteiger partial charge in [-0.3, -0.25) is 9.69 Å². The number of aromatic nitrogens is 1. The first-order valence-electron chi connectivity index (χ1n) is 10.0. The van der Waals surface area contributed by atoms with Crippen LogP contribution in [0.5, 0.6) is 0 Å². The van der Waals surface area contributed by atoms with E-state index in [-0.39, 0.29) is 29.1 Å². The van der Waals surface area contributed by atoms with Crippen LogP contribution in [0, 0.1) is 18.8 Å². The Balaban J connectivity index is 1.53. The molecule has 7 nitrogen and oxygen atoms in total. The molecule has 0 N–H and O–H groups in total. The predicted molar refractivity (Wildman–Crippen MR) is 114 cm³/mol. The fourth-order valence-electron chi connectivity index (χ4n) is 3.95. The number of piperazine rings is 1. The van der Waals surface area contributed by atoms with Crippen molar-refractivity contribution in [2.45, 2.75) is 19.9 Å². The van der Waals surface area contributed by atoms with Crippen molar-refractivity contribution in [3.63, 3.8) is 0 Å². The Morgan fingerprint density at radius 3 is 2.23 bits per heavy atom. The lowest BCUT2D eigenvalue weighted by atomic mass is 9.95. The van der Waals surface area contributed by atoms with E-state index in [1.807, 2.05) is 6.07 Å². The predicted octanol–water partition coefficient (Wildman–Crippen LogP) is 4.24. The quantitative estimate of drug-likeness (QED) is 0.595. The lowest BCUT2D eigenvalue weighted by molar-refractivity contribution is 0.0588. The summed E-state index contributed by atoms with van der Waals surface area (Å²) in [6.45, 7) is 6.15. The average Bonchev–Trinajstić information content (AvgIpc) is 3.16. The van der Waals surface area contributed by atoms with Crippen molar-refractivity contribution < 1.29 is 9.32 Å². The summed E-state index contributed by atoms with van der Waals surface area (Å²) in [6.07, 6.45) is 0. The summed E-state index contributed by atoms with van der Waals surface area (Å²) in [6, 6.07) is 19.1. The first kappa shape index (κ1) is 20.0. The zero-order chi connectivity index (χ0) is 21.1. The fourth-order valence-corrected chi connectivity index (χ4v) is 3.95. The highest BCUT2D eigenvalue weighted by atomic mass is 16.5. The van der Waals surface area contributed by atoms with Crippen molar-refractivity contribution in [1.29, 1.82) is 0 Å². The molecule has 0 aliphatic carbocycles. The third-order valence-electron chi connectivity index (χ3n) is 5.60. The second kappa shape index (κ2) is 8.59. The Morgan fingerprint density at radius 1 is 0.967 bits per heavy atom. The smallest absolute Gasteiger partial charge is 0.278 e. The Hall–Kier alpha value is -3.32. The van der Waals surface area contributed by atoms with E-state index in [1.165, 1.54) is 16.7 Å². The van der Waals surface area contributed by atoms with Crippen LogP contribution in [0.4, 0.5) is 5.69 Å². The lowest BCUT2D eigenvalue weighted by Crippen LogP contribution is -2.50. The van der Waals surface area contributed by atoms with Crippen molar-refractivity contribution in [3.8, 4) is 0 Å². The highest BCUT2D eigenvalue weighted by Crippen LogP contribution is 2.30. The van der Waals surface area contributed by atoms with E-state index in [2.05, 4.69) is 70.7 Å². The third kappa shape index (κ3) is 3.89. The van der Waals surface area contributed by atoms with Crippen molar-refractivity contribution in [1.82, 2.24) is 15.0 Å². The average molecular weight is 404 g/mol. The molecule has 4 rings (SSSR count). The lowest BCUT2D eigenvalue weighted by Gasteiger charge is -2.39. The number of benzene rings is 2. The van der Waals surface area contributed by atoms with E-state index >= 15 is 0 Å². The Kier molecular flexibility index (Phi) is 5.72. The SMILES string of the molecule is Cc1ccc(C(c2ccccc2)N2CCN(C(=O)c3noc(C)c3N=O)CC2)cc1. The molecule has 1 atom stereocenters. The van der Waals surface area contributed by atoms with E-state index in [0.717, 1.165) is 0 Å². The maximum absolute atomic E-state index is 12.8. The molecule has 0 radical (unpaired) electrons. The second-order valence-corrected chi connectivity index (χ2v) is 7.58. The summed E-state index contributed by atoms with van der Waals surface area (Å²) in [5.74, 6) is -0.0526. The van der Waals surface area contributed by atoms with Gasteiger partial charge in [-0.05, 0) is 30.2 Å². The molecule has 0 spiro atoms. The van der Waals surface area contributed by atoms with E-state index in [1.54, 1.807) is 11.8 Å². The number of aryl methyl sites for hydroxylation is 2. The molecule has 3 aromatic rings. The van der Waals surface area contributed by atoms with Crippen molar-refractivity contribution in [2.24, 2.45) is 5.18 Å². The number of nitrogens with zero attached hydrogens (tertiary/aromatic N) is 4. The van der Waals surface area contributed by atoms with Gasteiger partial charge in [-0.2, -0.15) is 0 Å². The topological polar surface area (TPSA) is 79.0 Å². The monoisotopic (exact) mass is 404 g/mol. The Labute approximate surface area is 175 Å². The van der Waals surface area contributed by atoms with Crippen LogP contribution >= 0.6 is 0 Å². The van der Waals surface area contributed by atoms with Gasteiger partial charge >= 0.3 is 0 Å². The van der Waals surface area contributed by atoms with Gasteiger partial charge in [-0.1, -0.05) is 65.3 Å². The molecule has 1 amide bonds. The van der Waals surface area contributed by atoms with Crippen molar-refractivity contribution in [3.05, 3.63) is 87.6 Å². The minimum atomic E-state index is -0.312. The standard InChI is InChI=1S/C23H24N4O3/c1-16-8-10-19(11-9-16)22(18-6-4-3-5-7-18)26-12-14-27(15-13-26)23(28)21-20(24-29)17(2)30-25-21/h3-11,22H,12-15H2,1-2H3. The highest BCUT2D eigenvalue weighted by molar-refractivity contribution is 5.97. The normalized spacial score (nSPS) is 15.7. The van der Waals surface area contributed by atoms with Gasteiger partial charge in [-0.15, -0.1) is 4.91 Å². The van der Waals surface area contributed by atoms with Crippen molar-refractivity contribution >= 4 is 11.6 Å². The van der Waals surface area contributed by atoms with Crippen LogP contribution in [-0.4, -0.2) is 47.0 Å². The molecule has 2 aromatic carbocycles. The van der Waals surface area contributed by atoms with E-state index in [4.69, 9.17) is 4.52 Å². The molecule has 1 fully saturated rings. The molecule has 154 valence electrons. The molecule has 0 saturated carbocycles. The van der Waals surface area contributed by atoms with Gasteiger partial charge in [0.25, 0.3) is 5.91 Å². The number of hydrogen-bond donors (Lipinski definition) is 0. The Bertz CT molecular complexity index is 1020. The maximum atomic E-state index is 12.8. The van der Waals surface area contributed by atoms with Gasteiger partial charge in [0.1, 0.15) is 0 Å². The molecule has 1 saturated heterocycles. The molecular weight excluding hydrogens is 380 g/mol. The van der Waals surface area contributed by atoms with Gasteiger partial charge in [-0.25, -0.2) is 0 Å². The number of amides is 1. The number of nitroso groups, excluding NO2 is 1. The summed E-state index contributed by atoms with van der Waals surface area (Å²) < 4.78 is 4.98. The van der Waals surface area contributed by atoms with Crippen LogP contribution in [0.3, 0.4) is 0 Å². The van der Waals surface area contributed by atoms with Gasteiger partial charge in [0.05, 0.1) is 6.04 Å². The van der Waals surface area contributed by atoms with Gasteiger partial charge in [0.2, 0.25) is 5.69 Å². The van der Waals surface area contributed by atoms with Crippen LogP contribution < -0.4 is 0 Å². The summed E-state index contributed by atoms with van der Waals surface area (Å²) in [5, 5.41) is 6.66. The van der Waals surface area contributed by atoms with Crippen LogP contribution in [0.15, 0.2) is 64.3 Å². The van der Waals surface area contributed by atoms with E-state index < -0.39 is 0 Å². The number of carbonyl (C=O) groups is 1. The zero-order valence-electron chi connectivity index (χ0n) is 17.1. The number of hydrogen-bond acceptors (Lipinski definition) is 6. The number of carbonyl (C=O) groups excluding carboxylic acids is 1. The second-order valence-electron chi connectivity index (χ2n) is 7.58. The third-order valence-corrected chi connectivity index (χ3v) is 5.60. The van der Waals surface area contributed by atoms with Gasteiger partial charge in [0, 0.05) is 26.2 Å². The fraction of sp³-hybridized carbons (Fsp3) is 0.304. The molecular formula is C23H24N4O3. The van der Waals surface area contributed by atoms with Crippen LogP contribution in [0.25, 0.3) is 0 Å². The first-order chi connectivity index (χ1) is 14.6. The minimum Gasteiger partial charge on any atom is -0.358 e. The van der Waals surface area contributed by atoms with Gasteiger partial charge in [0.15, 0.2) is 11.4 Å². The Morgan fingerprint density at radius 2 is 1.60 bits per heavy atom. The van der Waals surface area contributed by atoms with E-state index in [9.17, 15) is 9.70 Å². The first-order valence-corrected chi connectivity index (χ1v) is 10.0. The van der Waals surface area contributed by atoms with E-state index in [0.29, 0.717) is 26.2 Å². The molecule has 7 heteroatoms. The summed E-state index contributed by atoms with van der Waals surface area (Å²) in [5.41, 5.74) is 3.66. The summed E-state index contributed by atoms with van der Waals surface area (Å²) >= 11 is 0. The largest absolute Gasteiger partial charge is 0.358 e.